The Morgan fingerprint density at radius 1 is 1.15 bits per heavy atom. The third-order valence-electron chi connectivity index (χ3n) is 2.66. The maximum absolute atomic E-state index is 9.55. The number of hydrogen-bond donors (Lipinski definition) is 3. The number of rotatable bonds is 6. The van der Waals surface area contributed by atoms with E-state index >= 15 is 0 Å². The van der Waals surface area contributed by atoms with Crippen LogP contribution in [0, 0.1) is 0 Å². The Morgan fingerprint density at radius 3 is 2.27 bits per heavy atom. The van der Waals surface area contributed by atoms with Gasteiger partial charge in [0.15, 0.2) is 17.4 Å². The van der Waals surface area contributed by atoms with Crippen molar-refractivity contribution < 1.29 is 24.5 Å². The maximum Gasteiger partial charge on any atom is 0.328 e. The van der Waals surface area contributed by atoms with Crippen LogP contribution in [0.3, 0.4) is 0 Å². The number of carboxylic acid groups (broad SMARTS) is 2. The molecule has 2 aromatic rings. The molecule has 0 unspecified atom stereocenters. The summed E-state index contributed by atoms with van der Waals surface area (Å²) >= 11 is 0. The SMILES string of the molecule is COc1cnc(-c2ccccn2)nc1NC(C)C.O=C(O)C=CC(=O)O. The number of aliphatic carboxylic acids is 2. The largest absolute Gasteiger partial charge is 0.491 e. The Labute approximate surface area is 150 Å². The van der Waals surface area contributed by atoms with Gasteiger partial charge in [-0.25, -0.2) is 19.6 Å². The van der Waals surface area contributed by atoms with E-state index in [1.807, 2.05) is 32.0 Å². The summed E-state index contributed by atoms with van der Waals surface area (Å²) in [5.74, 6) is -0.620. The van der Waals surface area contributed by atoms with Gasteiger partial charge in [-0.3, -0.25) is 4.98 Å². The lowest BCUT2D eigenvalue weighted by Crippen LogP contribution is -2.13. The number of ether oxygens (including phenoxy) is 1. The molecular weight excluding hydrogens is 340 g/mol. The van der Waals surface area contributed by atoms with Crippen molar-refractivity contribution in [2.24, 2.45) is 0 Å². The van der Waals surface area contributed by atoms with Crippen LogP contribution in [-0.4, -0.2) is 50.3 Å². The van der Waals surface area contributed by atoms with Gasteiger partial charge in [-0.1, -0.05) is 6.07 Å². The number of hydrogen-bond acceptors (Lipinski definition) is 7. The Kier molecular flexibility index (Phi) is 8.21. The highest BCUT2D eigenvalue weighted by Gasteiger charge is 2.10. The number of anilines is 1. The second-order valence-corrected chi connectivity index (χ2v) is 5.13. The molecule has 9 heteroatoms. The third kappa shape index (κ3) is 7.39. The number of nitrogens with zero attached hydrogens (tertiary/aromatic N) is 3. The van der Waals surface area contributed by atoms with E-state index in [0.29, 0.717) is 29.5 Å². The number of aromatic nitrogens is 3. The molecule has 0 saturated carbocycles. The zero-order valence-electron chi connectivity index (χ0n) is 14.6. The molecule has 0 atom stereocenters. The Morgan fingerprint density at radius 2 is 1.81 bits per heavy atom. The zero-order chi connectivity index (χ0) is 19.5. The van der Waals surface area contributed by atoms with Crippen molar-refractivity contribution in [1.29, 1.82) is 0 Å². The third-order valence-corrected chi connectivity index (χ3v) is 2.66. The first-order chi connectivity index (χ1) is 12.3. The van der Waals surface area contributed by atoms with Gasteiger partial charge >= 0.3 is 11.9 Å². The Hall–Kier alpha value is -3.49. The monoisotopic (exact) mass is 360 g/mol. The molecule has 0 aliphatic rings. The van der Waals surface area contributed by atoms with Crippen molar-refractivity contribution in [3.8, 4) is 17.3 Å². The molecule has 0 aliphatic carbocycles. The average Bonchev–Trinajstić information content (AvgIpc) is 2.61. The number of pyridine rings is 1. The number of carbonyl (C=O) groups is 2. The lowest BCUT2D eigenvalue weighted by Gasteiger charge is -2.13. The molecule has 26 heavy (non-hydrogen) atoms. The minimum atomic E-state index is -1.26. The normalized spacial score (nSPS) is 10.2. The molecule has 0 fully saturated rings. The van der Waals surface area contributed by atoms with E-state index in [2.05, 4.69) is 20.3 Å². The lowest BCUT2D eigenvalue weighted by atomic mass is 10.3. The van der Waals surface area contributed by atoms with E-state index in [4.69, 9.17) is 14.9 Å². The van der Waals surface area contributed by atoms with Crippen LogP contribution < -0.4 is 10.1 Å². The second-order valence-electron chi connectivity index (χ2n) is 5.13. The van der Waals surface area contributed by atoms with Crippen LogP contribution in [-0.2, 0) is 9.59 Å². The fourth-order valence-corrected chi connectivity index (χ4v) is 1.66. The lowest BCUT2D eigenvalue weighted by molar-refractivity contribution is -0.134. The fourth-order valence-electron chi connectivity index (χ4n) is 1.66. The highest BCUT2D eigenvalue weighted by atomic mass is 16.5. The maximum atomic E-state index is 9.55. The number of methoxy groups -OCH3 is 1. The van der Waals surface area contributed by atoms with E-state index in [0.717, 1.165) is 5.69 Å². The van der Waals surface area contributed by atoms with Crippen LogP contribution in [0.5, 0.6) is 5.75 Å². The molecule has 0 aromatic carbocycles. The van der Waals surface area contributed by atoms with Crippen molar-refractivity contribution >= 4 is 17.8 Å². The zero-order valence-corrected chi connectivity index (χ0v) is 14.6. The van der Waals surface area contributed by atoms with Gasteiger partial charge in [0.05, 0.1) is 13.3 Å². The first-order valence-electron chi connectivity index (χ1n) is 7.56. The first kappa shape index (κ1) is 20.6. The second kappa shape index (κ2) is 10.4. The summed E-state index contributed by atoms with van der Waals surface area (Å²) in [6.07, 6.45) is 4.49. The molecule has 9 nitrogen and oxygen atoms in total. The fraction of sp³-hybridized carbons (Fsp3) is 0.235. The quantitative estimate of drug-likeness (QED) is 0.662. The van der Waals surface area contributed by atoms with Crippen molar-refractivity contribution in [3.05, 3.63) is 42.7 Å². The smallest absolute Gasteiger partial charge is 0.328 e. The highest BCUT2D eigenvalue weighted by Crippen LogP contribution is 2.24. The molecule has 138 valence electrons. The van der Waals surface area contributed by atoms with Gasteiger partial charge in [0, 0.05) is 24.4 Å². The van der Waals surface area contributed by atoms with Gasteiger partial charge in [-0.15, -0.1) is 0 Å². The molecule has 0 saturated heterocycles. The van der Waals surface area contributed by atoms with E-state index in [9.17, 15) is 9.59 Å². The molecular formula is C17H20N4O5. The van der Waals surface area contributed by atoms with Crippen LogP contribution in [0.1, 0.15) is 13.8 Å². The Balaban J connectivity index is 0.000000359. The standard InChI is InChI=1S/C13H16N4O.C4H4O4/c1-9(2)16-13-11(18-3)8-15-12(17-13)10-6-4-5-7-14-10;5-3(6)1-2-4(7)8/h4-9H,1-3H3,(H,15,16,17);1-2H,(H,5,6)(H,7,8). The molecule has 3 N–H and O–H groups in total. The van der Waals surface area contributed by atoms with Crippen LogP contribution in [0.25, 0.3) is 11.5 Å². The summed E-state index contributed by atoms with van der Waals surface area (Å²) in [4.78, 5) is 32.0. The predicted octanol–water partition coefficient (Wildman–Crippen LogP) is 2.08. The minimum absolute atomic E-state index is 0.269. The summed E-state index contributed by atoms with van der Waals surface area (Å²) in [5, 5.41) is 18.9. The van der Waals surface area contributed by atoms with Crippen molar-refractivity contribution in [3.63, 3.8) is 0 Å². The minimum Gasteiger partial charge on any atom is -0.491 e. The molecule has 0 radical (unpaired) electrons. The molecule has 0 aliphatic heterocycles. The van der Waals surface area contributed by atoms with E-state index in [1.54, 1.807) is 19.5 Å². The van der Waals surface area contributed by atoms with Gasteiger partial charge in [0.1, 0.15) is 5.69 Å². The van der Waals surface area contributed by atoms with Crippen LogP contribution in [0.2, 0.25) is 0 Å². The molecule has 0 amide bonds. The molecule has 2 aromatic heterocycles. The summed E-state index contributed by atoms with van der Waals surface area (Å²) in [7, 11) is 1.60. The van der Waals surface area contributed by atoms with Crippen molar-refractivity contribution in [2.45, 2.75) is 19.9 Å². The molecule has 2 rings (SSSR count). The van der Waals surface area contributed by atoms with Crippen molar-refractivity contribution in [2.75, 3.05) is 12.4 Å². The van der Waals surface area contributed by atoms with Gasteiger partial charge in [-0.2, -0.15) is 0 Å². The predicted molar refractivity (Wildman–Crippen MR) is 95.0 cm³/mol. The summed E-state index contributed by atoms with van der Waals surface area (Å²) < 4.78 is 5.23. The van der Waals surface area contributed by atoms with E-state index < -0.39 is 11.9 Å². The van der Waals surface area contributed by atoms with Gasteiger partial charge in [0.2, 0.25) is 0 Å². The van der Waals surface area contributed by atoms with E-state index in [1.165, 1.54) is 0 Å². The summed E-state index contributed by atoms with van der Waals surface area (Å²) in [5.41, 5.74) is 0.743. The molecule has 2 heterocycles. The number of carboxylic acids is 2. The first-order valence-corrected chi connectivity index (χ1v) is 7.56. The molecule has 0 bridgehead atoms. The highest BCUT2D eigenvalue weighted by molar-refractivity contribution is 5.89. The van der Waals surface area contributed by atoms with E-state index in [-0.39, 0.29) is 6.04 Å². The molecule has 0 spiro atoms. The van der Waals surface area contributed by atoms with Gasteiger partial charge in [-0.05, 0) is 26.0 Å². The van der Waals surface area contributed by atoms with Gasteiger partial charge < -0.3 is 20.3 Å². The van der Waals surface area contributed by atoms with Gasteiger partial charge in [0.25, 0.3) is 0 Å². The summed E-state index contributed by atoms with van der Waals surface area (Å²) in [6, 6.07) is 5.91. The van der Waals surface area contributed by atoms with Crippen LogP contribution in [0.4, 0.5) is 5.82 Å². The van der Waals surface area contributed by atoms with Crippen LogP contribution in [0.15, 0.2) is 42.7 Å². The average molecular weight is 360 g/mol. The summed E-state index contributed by atoms with van der Waals surface area (Å²) in [6.45, 7) is 4.09. The topological polar surface area (TPSA) is 135 Å². The number of nitrogens with one attached hydrogen (secondary N) is 1. The van der Waals surface area contributed by atoms with Crippen LogP contribution >= 0.6 is 0 Å². The van der Waals surface area contributed by atoms with Crippen molar-refractivity contribution in [1.82, 2.24) is 15.0 Å². The Bertz CT molecular complexity index is 747.